The number of hydrogen-bond acceptors (Lipinski definition) is 11. The van der Waals surface area contributed by atoms with E-state index in [-0.39, 0.29) is 24.7 Å². The quantitative estimate of drug-likeness (QED) is 0.198. The van der Waals surface area contributed by atoms with Crippen LogP contribution in [0.1, 0.15) is 26.3 Å². The van der Waals surface area contributed by atoms with Gasteiger partial charge in [-0.25, -0.2) is 0 Å². The van der Waals surface area contributed by atoms with Crippen molar-refractivity contribution < 1.29 is 47.7 Å². The SMILES string of the molecule is CC(=O)OC[C@H]1O[C@@H](Oc2ccc([N+](=O)[O-])cc2)[C@H](OC(C)=O)[C@@H](OCc2ccccc2)[C@@H]1OC(C)=O. The molecular formula is C25H27NO11. The summed E-state index contributed by atoms with van der Waals surface area (Å²) < 4.78 is 34.1. The van der Waals surface area contributed by atoms with Gasteiger partial charge in [0.2, 0.25) is 6.29 Å². The van der Waals surface area contributed by atoms with Crippen LogP contribution in [0.5, 0.6) is 5.75 Å². The number of hydrogen-bond donors (Lipinski definition) is 0. The standard InChI is InChI=1S/C25H27NO11/c1-15(27)32-14-21-22(34-16(2)28)23(33-13-18-7-5-4-6-8-18)24(35-17(3)29)25(37-21)36-20-11-9-19(10-12-20)26(30)31/h4-12,21-25H,13-14H2,1-3H3/t21-,22-,23+,24-,25-/m1/s1. The second kappa shape index (κ2) is 12.8. The molecule has 3 rings (SSSR count). The summed E-state index contributed by atoms with van der Waals surface area (Å²) in [4.78, 5) is 45.9. The molecule has 1 saturated heterocycles. The van der Waals surface area contributed by atoms with Gasteiger partial charge in [-0.2, -0.15) is 0 Å². The highest BCUT2D eigenvalue weighted by Crippen LogP contribution is 2.32. The van der Waals surface area contributed by atoms with Crippen LogP contribution in [0.25, 0.3) is 0 Å². The van der Waals surface area contributed by atoms with E-state index in [1.54, 1.807) is 0 Å². The molecule has 5 atom stereocenters. The number of ether oxygens (including phenoxy) is 6. The summed E-state index contributed by atoms with van der Waals surface area (Å²) in [6, 6.07) is 14.3. The Morgan fingerprint density at radius 3 is 2.05 bits per heavy atom. The van der Waals surface area contributed by atoms with Gasteiger partial charge in [0.15, 0.2) is 12.2 Å². The lowest BCUT2D eigenvalue weighted by Crippen LogP contribution is -2.63. The molecular weight excluding hydrogens is 490 g/mol. The topological polar surface area (TPSA) is 150 Å². The number of nitro benzene ring substituents is 1. The van der Waals surface area contributed by atoms with E-state index in [0.717, 1.165) is 5.56 Å². The molecule has 0 N–H and O–H groups in total. The lowest BCUT2D eigenvalue weighted by Gasteiger charge is -2.44. The molecule has 0 radical (unpaired) electrons. The van der Waals surface area contributed by atoms with Crippen LogP contribution in [0.2, 0.25) is 0 Å². The van der Waals surface area contributed by atoms with Gasteiger partial charge in [-0.1, -0.05) is 30.3 Å². The van der Waals surface area contributed by atoms with E-state index in [1.807, 2.05) is 30.3 Å². The van der Waals surface area contributed by atoms with E-state index in [2.05, 4.69) is 0 Å². The van der Waals surface area contributed by atoms with Gasteiger partial charge in [0.1, 0.15) is 24.6 Å². The molecule has 1 heterocycles. The lowest BCUT2D eigenvalue weighted by atomic mass is 9.98. The average molecular weight is 517 g/mol. The molecule has 0 saturated carbocycles. The molecule has 0 spiro atoms. The van der Waals surface area contributed by atoms with Gasteiger partial charge < -0.3 is 28.4 Å². The Balaban J connectivity index is 1.96. The highest BCUT2D eigenvalue weighted by atomic mass is 16.7. The molecule has 2 aromatic carbocycles. The highest BCUT2D eigenvalue weighted by Gasteiger charge is 2.52. The first-order chi connectivity index (χ1) is 17.6. The Morgan fingerprint density at radius 1 is 0.865 bits per heavy atom. The van der Waals surface area contributed by atoms with Crippen LogP contribution in [0, 0.1) is 10.1 Å². The number of nitro groups is 1. The number of carbonyl (C=O) groups is 3. The average Bonchev–Trinajstić information content (AvgIpc) is 2.84. The van der Waals surface area contributed by atoms with E-state index in [4.69, 9.17) is 28.4 Å². The smallest absolute Gasteiger partial charge is 0.303 e. The molecule has 1 aliphatic rings. The van der Waals surface area contributed by atoms with Crippen LogP contribution in [0.3, 0.4) is 0 Å². The maximum atomic E-state index is 12.0. The van der Waals surface area contributed by atoms with Crippen LogP contribution in [-0.4, -0.2) is 60.1 Å². The predicted octanol–water partition coefficient (Wildman–Crippen LogP) is 2.71. The normalized spacial score (nSPS) is 22.9. The molecule has 0 aromatic heterocycles. The van der Waals surface area contributed by atoms with Crippen molar-refractivity contribution in [2.75, 3.05) is 6.61 Å². The third-order valence-electron chi connectivity index (χ3n) is 5.23. The predicted molar refractivity (Wildman–Crippen MR) is 125 cm³/mol. The zero-order valence-corrected chi connectivity index (χ0v) is 20.4. The van der Waals surface area contributed by atoms with Gasteiger partial charge in [-0.3, -0.25) is 24.5 Å². The molecule has 12 nitrogen and oxygen atoms in total. The van der Waals surface area contributed by atoms with E-state index in [9.17, 15) is 24.5 Å². The highest BCUT2D eigenvalue weighted by molar-refractivity contribution is 5.67. The Morgan fingerprint density at radius 2 is 1.49 bits per heavy atom. The molecule has 2 aromatic rings. The maximum Gasteiger partial charge on any atom is 0.303 e. The summed E-state index contributed by atoms with van der Waals surface area (Å²) in [5.74, 6) is -1.76. The minimum absolute atomic E-state index is 0.0611. The van der Waals surface area contributed by atoms with Crippen molar-refractivity contribution in [1.29, 1.82) is 0 Å². The van der Waals surface area contributed by atoms with Crippen molar-refractivity contribution >= 4 is 23.6 Å². The van der Waals surface area contributed by atoms with Gasteiger partial charge in [0, 0.05) is 32.9 Å². The molecule has 0 aliphatic carbocycles. The van der Waals surface area contributed by atoms with Crippen LogP contribution in [0.15, 0.2) is 54.6 Å². The van der Waals surface area contributed by atoms with Crippen molar-refractivity contribution in [3.05, 3.63) is 70.3 Å². The summed E-state index contributed by atoms with van der Waals surface area (Å²) in [5, 5.41) is 11.0. The molecule has 0 unspecified atom stereocenters. The summed E-state index contributed by atoms with van der Waals surface area (Å²) in [5.41, 5.74) is 0.640. The molecule has 1 aliphatic heterocycles. The Labute approximate surface area is 212 Å². The van der Waals surface area contributed by atoms with Crippen LogP contribution >= 0.6 is 0 Å². The van der Waals surface area contributed by atoms with Crippen molar-refractivity contribution in [3.63, 3.8) is 0 Å². The molecule has 1 fully saturated rings. The molecule has 37 heavy (non-hydrogen) atoms. The summed E-state index contributed by atoms with van der Waals surface area (Å²) >= 11 is 0. The first-order valence-electron chi connectivity index (χ1n) is 11.3. The number of carbonyl (C=O) groups excluding carboxylic acids is 3. The number of nitrogens with zero attached hydrogens (tertiary/aromatic N) is 1. The number of rotatable bonds is 10. The van der Waals surface area contributed by atoms with E-state index < -0.39 is 53.5 Å². The monoisotopic (exact) mass is 517 g/mol. The maximum absolute atomic E-state index is 12.0. The van der Waals surface area contributed by atoms with E-state index >= 15 is 0 Å². The largest absolute Gasteiger partial charge is 0.463 e. The minimum atomic E-state index is -1.31. The first kappa shape index (κ1) is 27.6. The lowest BCUT2D eigenvalue weighted by molar-refractivity contribution is -0.384. The summed E-state index contributed by atoms with van der Waals surface area (Å²) in [6.07, 6.45) is -5.82. The molecule has 0 bridgehead atoms. The zero-order valence-electron chi connectivity index (χ0n) is 20.4. The van der Waals surface area contributed by atoms with Crippen LogP contribution in [0.4, 0.5) is 5.69 Å². The second-order valence-electron chi connectivity index (χ2n) is 8.12. The summed E-state index contributed by atoms with van der Waals surface area (Å²) in [7, 11) is 0. The fourth-order valence-electron chi connectivity index (χ4n) is 3.69. The van der Waals surface area contributed by atoms with Gasteiger partial charge in [-0.15, -0.1) is 0 Å². The fourth-order valence-corrected chi connectivity index (χ4v) is 3.69. The van der Waals surface area contributed by atoms with Gasteiger partial charge in [-0.05, 0) is 17.7 Å². The van der Waals surface area contributed by atoms with Crippen LogP contribution < -0.4 is 4.74 Å². The fraction of sp³-hybridized carbons (Fsp3) is 0.400. The van der Waals surface area contributed by atoms with E-state index in [0.29, 0.717) is 0 Å². The molecule has 198 valence electrons. The van der Waals surface area contributed by atoms with Gasteiger partial charge in [0.05, 0.1) is 11.5 Å². The van der Waals surface area contributed by atoms with Crippen molar-refractivity contribution in [3.8, 4) is 5.75 Å². The summed E-state index contributed by atoms with van der Waals surface area (Å²) in [6.45, 7) is 3.33. The van der Waals surface area contributed by atoms with E-state index in [1.165, 1.54) is 45.0 Å². The van der Waals surface area contributed by atoms with Crippen molar-refractivity contribution in [2.45, 2.75) is 58.1 Å². The number of benzene rings is 2. The second-order valence-corrected chi connectivity index (χ2v) is 8.12. The zero-order chi connectivity index (χ0) is 26.9. The van der Waals surface area contributed by atoms with Crippen molar-refractivity contribution in [2.24, 2.45) is 0 Å². The number of esters is 3. The van der Waals surface area contributed by atoms with Gasteiger partial charge >= 0.3 is 17.9 Å². The van der Waals surface area contributed by atoms with Gasteiger partial charge in [0.25, 0.3) is 5.69 Å². The number of non-ortho nitro benzene ring substituents is 1. The van der Waals surface area contributed by atoms with Crippen LogP contribution in [-0.2, 0) is 44.7 Å². The Hall–Kier alpha value is -4.03. The first-order valence-corrected chi connectivity index (χ1v) is 11.3. The van der Waals surface area contributed by atoms with Crippen molar-refractivity contribution in [1.82, 2.24) is 0 Å². The molecule has 12 heteroatoms. The Kier molecular flexibility index (Phi) is 9.52. The minimum Gasteiger partial charge on any atom is -0.463 e. The third-order valence-corrected chi connectivity index (χ3v) is 5.23. The molecule has 0 amide bonds. The Bertz CT molecular complexity index is 1090. The third kappa shape index (κ3) is 7.98.